The lowest BCUT2D eigenvalue weighted by atomic mass is 10.0. The van der Waals surface area contributed by atoms with Crippen LogP contribution >= 0.6 is 0 Å². The van der Waals surface area contributed by atoms with Crippen molar-refractivity contribution in [3.63, 3.8) is 0 Å². The normalized spacial score (nSPS) is 22.6. The quantitative estimate of drug-likeness (QED) is 0.425. The van der Waals surface area contributed by atoms with Crippen molar-refractivity contribution in [3.8, 4) is 0 Å². The van der Waals surface area contributed by atoms with Crippen LogP contribution < -0.4 is 0 Å². The molecule has 33 heavy (non-hydrogen) atoms. The number of methoxy groups -OCH3 is 1. The van der Waals surface area contributed by atoms with E-state index in [2.05, 4.69) is 6.58 Å². The molecule has 172 valence electrons. The van der Waals surface area contributed by atoms with Gasteiger partial charge in [-0.1, -0.05) is 97.6 Å². The summed E-state index contributed by atoms with van der Waals surface area (Å²) in [7, 11) is 1.59. The van der Waals surface area contributed by atoms with E-state index in [1.807, 2.05) is 91.0 Å². The van der Waals surface area contributed by atoms with Crippen LogP contribution in [0.2, 0.25) is 0 Å². The Kier molecular flexibility index (Phi) is 8.28. The lowest BCUT2D eigenvalue weighted by Crippen LogP contribution is -2.55. The Morgan fingerprint density at radius 2 is 1.06 bits per heavy atom. The van der Waals surface area contributed by atoms with E-state index in [9.17, 15) is 0 Å². The highest BCUT2D eigenvalue weighted by molar-refractivity contribution is 5.16. The average molecular weight is 447 g/mol. The zero-order chi connectivity index (χ0) is 22.9. The van der Waals surface area contributed by atoms with Crippen molar-refractivity contribution in [1.82, 2.24) is 0 Å². The molecule has 1 fully saturated rings. The van der Waals surface area contributed by atoms with Crippen molar-refractivity contribution < 1.29 is 23.7 Å². The van der Waals surface area contributed by atoms with E-state index in [0.29, 0.717) is 25.6 Å². The van der Waals surface area contributed by atoms with E-state index >= 15 is 0 Å². The summed E-state index contributed by atoms with van der Waals surface area (Å²) in [5.41, 5.74) is 3.18. The molecule has 4 rings (SSSR count). The van der Waals surface area contributed by atoms with Crippen molar-refractivity contribution in [1.29, 1.82) is 0 Å². The molecule has 3 aromatic rings. The summed E-state index contributed by atoms with van der Waals surface area (Å²) in [5, 5.41) is 0. The molecule has 1 aliphatic rings. The number of rotatable bonds is 10. The fourth-order valence-electron chi connectivity index (χ4n) is 3.81. The summed E-state index contributed by atoms with van der Waals surface area (Å²) in [4.78, 5) is 0. The first-order chi connectivity index (χ1) is 16.2. The van der Waals surface area contributed by atoms with E-state index in [0.717, 1.165) is 16.7 Å². The zero-order valence-electron chi connectivity index (χ0n) is 18.8. The van der Waals surface area contributed by atoms with Crippen LogP contribution in [0, 0.1) is 0 Å². The van der Waals surface area contributed by atoms with Gasteiger partial charge in [-0.3, -0.25) is 0 Å². The van der Waals surface area contributed by atoms with Crippen molar-refractivity contribution in [2.75, 3.05) is 7.11 Å². The summed E-state index contributed by atoms with van der Waals surface area (Å²) in [6.07, 6.45) is -2.14. The van der Waals surface area contributed by atoms with Gasteiger partial charge >= 0.3 is 0 Å². The lowest BCUT2D eigenvalue weighted by molar-refractivity contribution is -0.270. The maximum Gasteiger partial charge on any atom is 0.228 e. The highest BCUT2D eigenvalue weighted by Crippen LogP contribution is 2.32. The molecule has 0 amide bonds. The number of hydrogen-bond donors (Lipinski definition) is 0. The molecule has 0 spiro atoms. The molecular formula is C28H30O5. The van der Waals surface area contributed by atoms with Crippen LogP contribution in [0.5, 0.6) is 0 Å². The predicted octanol–water partition coefficient (Wildman–Crippen LogP) is 5.26. The molecule has 0 radical (unpaired) electrons. The summed E-state index contributed by atoms with van der Waals surface area (Å²) in [5.74, 6) is 0.468. The van der Waals surface area contributed by atoms with Crippen LogP contribution in [0.15, 0.2) is 103 Å². The maximum absolute atomic E-state index is 6.40. The number of ether oxygens (including phenoxy) is 5. The van der Waals surface area contributed by atoms with E-state index in [4.69, 9.17) is 23.7 Å². The minimum atomic E-state index is -0.654. The smallest absolute Gasteiger partial charge is 0.228 e. The molecule has 3 aromatic carbocycles. The summed E-state index contributed by atoms with van der Waals surface area (Å²) < 4.78 is 30.6. The second kappa shape index (κ2) is 11.8. The molecule has 4 atom stereocenters. The Balaban J connectivity index is 1.54. The van der Waals surface area contributed by atoms with Gasteiger partial charge in [-0.15, -0.1) is 0 Å². The molecule has 0 bridgehead atoms. The summed E-state index contributed by atoms with van der Waals surface area (Å²) in [6.45, 7) is 5.32. The minimum Gasteiger partial charge on any atom is -0.464 e. The SMILES string of the molecule is C=C1O[C@H](OC)[C@H](OCc2ccccc2)[C@@H](OCc2ccccc2)[C@H]1OCc1ccccc1. The Morgan fingerprint density at radius 1 is 0.636 bits per heavy atom. The molecule has 0 unspecified atom stereocenters. The topological polar surface area (TPSA) is 46.2 Å². The molecule has 1 saturated heterocycles. The summed E-state index contributed by atoms with van der Waals surface area (Å²) in [6, 6.07) is 30.0. The fourth-order valence-corrected chi connectivity index (χ4v) is 3.81. The monoisotopic (exact) mass is 446 g/mol. The number of hydrogen-bond acceptors (Lipinski definition) is 5. The maximum atomic E-state index is 6.40. The highest BCUT2D eigenvalue weighted by Gasteiger charge is 2.46. The Morgan fingerprint density at radius 3 is 1.52 bits per heavy atom. The van der Waals surface area contributed by atoms with Crippen molar-refractivity contribution in [2.24, 2.45) is 0 Å². The van der Waals surface area contributed by atoms with Gasteiger partial charge in [-0.05, 0) is 16.7 Å². The highest BCUT2D eigenvalue weighted by atomic mass is 16.7. The first-order valence-corrected chi connectivity index (χ1v) is 11.1. The van der Waals surface area contributed by atoms with Gasteiger partial charge in [0.25, 0.3) is 0 Å². The van der Waals surface area contributed by atoms with Crippen molar-refractivity contribution in [2.45, 2.75) is 44.4 Å². The van der Waals surface area contributed by atoms with E-state index in [1.165, 1.54) is 0 Å². The van der Waals surface area contributed by atoms with Gasteiger partial charge in [0.1, 0.15) is 24.1 Å². The minimum absolute atomic E-state index is 0.401. The third-order valence-electron chi connectivity index (χ3n) is 5.55. The molecular weight excluding hydrogens is 416 g/mol. The molecule has 1 heterocycles. The van der Waals surface area contributed by atoms with Crippen LogP contribution in [-0.2, 0) is 43.5 Å². The van der Waals surface area contributed by atoms with Crippen LogP contribution in [0.1, 0.15) is 16.7 Å². The zero-order valence-corrected chi connectivity index (χ0v) is 18.8. The Labute approximate surface area is 195 Å². The van der Waals surface area contributed by atoms with E-state index in [1.54, 1.807) is 7.11 Å². The number of benzene rings is 3. The molecule has 5 nitrogen and oxygen atoms in total. The molecule has 1 aliphatic heterocycles. The largest absolute Gasteiger partial charge is 0.464 e. The van der Waals surface area contributed by atoms with E-state index in [-0.39, 0.29) is 0 Å². The predicted molar refractivity (Wildman–Crippen MR) is 126 cm³/mol. The standard InChI is InChI=1S/C28H30O5/c1-21-25(30-18-22-12-6-3-7-13-22)26(31-19-23-14-8-4-9-15-23)27(28(29-2)33-21)32-20-24-16-10-5-11-17-24/h3-17,25-28H,1,18-20H2,2H3/t25-,26-,27+,28-/m0/s1. The second-order valence-electron chi connectivity index (χ2n) is 7.93. The Bertz CT molecular complexity index is 977. The fraction of sp³-hybridized carbons (Fsp3) is 0.286. The molecule has 0 aromatic heterocycles. The molecule has 5 heteroatoms. The van der Waals surface area contributed by atoms with Crippen LogP contribution in [0.4, 0.5) is 0 Å². The van der Waals surface area contributed by atoms with Gasteiger partial charge in [0.2, 0.25) is 6.29 Å². The van der Waals surface area contributed by atoms with Gasteiger partial charge in [0.15, 0.2) is 0 Å². The first kappa shape index (κ1) is 23.2. The lowest BCUT2D eigenvalue weighted by Gasteiger charge is -2.42. The van der Waals surface area contributed by atoms with Crippen molar-refractivity contribution >= 4 is 0 Å². The molecule has 0 N–H and O–H groups in total. The third kappa shape index (κ3) is 6.30. The van der Waals surface area contributed by atoms with Crippen molar-refractivity contribution in [3.05, 3.63) is 120 Å². The van der Waals surface area contributed by atoms with Crippen LogP contribution in [-0.4, -0.2) is 31.7 Å². The first-order valence-electron chi connectivity index (χ1n) is 11.1. The average Bonchev–Trinajstić information content (AvgIpc) is 2.87. The van der Waals surface area contributed by atoms with Gasteiger partial charge in [-0.25, -0.2) is 0 Å². The van der Waals surface area contributed by atoms with Gasteiger partial charge in [0.05, 0.1) is 19.8 Å². The molecule has 0 aliphatic carbocycles. The van der Waals surface area contributed by atoms with Crippen LogP contribution in [0.3, 0.4) is 0 Å². The Hall–Kier alpha value is -2.96. The van der Waals surface area contributed by atoms with E-state index < -0.39 is 24.6 Å². The van der Waals surface area contributed by atoms with Gasteiger partial charge in [0, 0.05) is 7.11 Å². The van der Waals surface area contributed by atoms with Gasteiger partial charge < -0.3 is 23.7 Å². The summed E-state index contributed by atoms with van der Waals surface area (Å²) >= 11 is 0. The third-order valence-corrected chi connectivity index (χ3v) is 5.55. The second-order valence-corrected chi connectivity index (χ2v) is 7.93. The van der Waals surface area contributed by atoms with Gasteiger partial charge in [-0.2, -0.15) is 0 Å². The molecule has 0 saturated carbocycles. The van der Waals surface area contributed by atoms with Crippen LogP contribution in [0.25, 0.3) is 0 Å².